The minimum atomic E-state index is -0.682. The average molecular weight is 776 g/mol. The van der Waals surface area contributed by atoms with E-state index in [1.165, 1.54) is 10.1 Å². The summed E-state index contributed by atoms with van der Waals surface area (Å²) < 4.78 is 11.6. The first-order valence-electron chi connectivity index (χ1n) is 20.6. The smallest absolute Gasteiger partial charge is 0.329 e. The summed E-state index contributed by atoms with van der Waals surface area (Å²) in [6, 6.07) is 15.0. The summed E-state index contributed by atoms with van der Waals surface area (Å²) in [5.74, 6) is -0.442. The van der Waals surface area contributed by atoms with Gasteiger partial charge in [-0.3, -0.25) is 33.8 Å². The number of imidazole rings is 1. The second kappa shape index (κ2) is 15.1. The topological polar surface area (TPSA) is 166 Å². The number of piperazine rings is 1. The number of aryl methyl sites for hydroxylation is 1. The van der Waals surface area contributed by atoms with Gasteiger partial charge in [-0.25, -0.2) is 9.78 Å². The van der Waals surface area contributed by atoms with E-state index in [2.05, 4.69) is 60.1 Å². The van der Waals surface area contributed by atoms with Crippen molar-refractivity contribution in [1.82, 2.24) is 38.8 Å². The molecule has 14 heteroatoms. The van der Waals surface area contributed by atoms with Crippen molar-refractivity contribution in [2.24, 2.45) is 7.05 Å². The van der Waals surface area contributed by atoms with Crippen LogP contribution in [-0.2, 0) is 34.3 Å². The van der Waals surface area contributed by atoms with Crippen molar-refractivity contribution in [2.45, 2.75) is 101 Å². The summed E-state index contributed by atoms with van der Waals surface area (Å²) in [5, 5.41) is 13.9. The van der Waals surface area contributed by atoms with Crippen LogP contribution >= 0.6 is 0 Å². The van der Waals surface area contributed by atoms with Gasteiger partial charge >= 0.3 is 5.69 Å². The summed E-state index contributed by atoms with van der Waals surface area (Å²) in [5.41, 5.74) is 12.2. The van der Waals surface area contributed by atoms with E-state index in [4.69, 9.17) is 10.5 Å². The highest BCUT2D eigenvalue weighted by molar-refractivity contribution is 6.00. The molecule has 57 heavy (non-hydrogen) atoms. The molecule has 3 aromatic heterocycles. The van der Waals surface area contributed by atoms with Gasteiger partial charge in [0.2, 0.25) is 17.8 Å². The monoisotopic (exact) mass is 775 g/mol. The standard InChI is InChI=1S/C43H53N9O5/c1-43(56)14-11-30(12-15-43)51-26-34(33-24-45-41(44)47-39(33)51)29-6-3-28(4-7-29)25-49-16-18-50(19-17-49)31-22-32(23-31)57-20-13-27-5-8-35-37(21-27)48(2)42(55)52(35)36-9-10-38(53)46-40(36)54/h3-8,21,24,26,30-32,36,56H,9-20,22-23,25H2,1-2H3,(H2,44,45,47)(H,46,53,54)/t30-,31?,32?,36?,43+. The summed E-state index contributed by atoms with van der Waals surface area (Å²) >= 11 is 0. The zero-order valence-electron chi connectivity index (χ0n) is 32.9. The molecular formula is C43H53N9O5. The number of aromatic nitrogens is 5. The molecule has 0 bridgehead atoms. The van der Waals surface area contributed by atoms with Gasteiger partial charge in [-0.2, -0.15) is 4.98 Å². The van der Waals surface area contributed by atoms with Crippen LogP contribution in [0.15, 0.2) is 59.7 Å². The Labute approximate surface area is 331 Å². The van der Waals surface area contributed by atoms with Crippen LogP contribution in [0.5, 0.6) is 0 Å². The zero-order chi connectivity index (χ0) is 39.4. The summed E-state index contributed by atoms with van der Waals surface area (Å²) in [7, 11) is 1.72. The predicted octanol–water partition coefficient (Wildman–Crippen LogP) is 4.09. The van der Waals surface area contributed by atoms with E-state index in [0.717, 1.165) is 111 Å². The van der Waals surface area contributed by atoms with Crippen LogP contribution in [0.1, 0.15) is 81.5 Å². The van der Waals surface area contributed by atoms with Crippen molar-refractivity contribution in [3.8, 4) is 11.1 Å². The highest BCUT2D eigenvalue weighted by Crippen LogP contribution is 2.39. The van der Waals surface area contributed by atoms with E-state index < -0.39 is 17.6 Å². The lowest BCUT2D eigenvalue weighted by atomic mass is 9.83. The molecule has 2 aromatic carbocycles. The fourth-order valence-electron chi connectivity index (χ4n) is 9.50. The molecular weight excluding hydrogens is 723 g/mol. The quantitative estimate of drug-likeness (QED) is 0.176. The Morgan fingerprint density at radius 1 is 0.947 bits per heavy atom. The normalized spacial score (nSPS) is 26.2. The maximum Gasteiger partial charge on any atom is 0.329 e. The van der Waals surface area contributed by atoms with Gasteiger partial charge in [-0.05, 0) is 87.1 Å². The number of carbonyl (C=O) groups excluding carboxylic acids is 2. The minimum Gasteiger partial charge on any atom is -0.390 e. The number of piperidine rings is 1. The molecule has 9 rings (SSSR count). The Bertz CT molecular complexity index is 2360. The Balaban J connectivity index is 0.738. The zero-order valence-corrected chi connectivity index (χ0v) is 32.9. The first kappa shape index (κ1) is 37.7. The van der Waals surface area contributed by atoms with Gasteiger partial charge in [0.05, 0.1) is 29.3 Å². The Hall–Kier alpha value is -4.89. The van der Waals surface area contributed by atoms with Gasteiger partial charge in [0.15, 0.2) is 0 Å². The number of nitrogens with zero attached hydrogens (tertiary/aromatic N) is 7. The lowest BCUT2D eigenvalue weighted by molar-refractivity contribution is -0.135. The number of benzene rings is 2. The van der Waals surface area contributed by atoms with Crippen LogP contribution in [0, 0.1) is 0 Å². The van der Waals surface area contributed by atoms with Gasteiger partial charge in [-0.1, -0.05) is 30.3 Å². The molecule has 2 saturated carbocycles. The average Bonchev–Trinajstić information content (AvgIpc) is 3.67. The van der Waals surface area contributed by atoms with Crippen LogP contribution in [0.2, 0.25) is 0 Å². The molecule has 2 amide bonds. The van der Waals surface area contributed by atoms with Crippen LogP contribution in [-0.4, -0.2) is 101 Å². The Morgan fingerprint density at radius 3 is 2.42 bits per heavy atom. The van der Waals surface area contributed by atoms with Gasteiger partial charge in [0, 0.05) is 81.6 Å². The highest BCUT2D eigenvalue weighted by Gasteiger charge is 2.36. The number of nitrogens with two attached hydrogens (primary N) is 1. The van der Waals surface area contributed by atoms with E-state index in [9.17, 15) is 19.5 Å². The van der Waals surface area contributed by atoms with Crippen molar-refractivity contribution in [3.63, 3.8) is 0 Å². The number of ether oxygens (including phenoxy) is 1. The molecule has 2 aliphatic carbocycles. The third kappa shape index (κ3) is 7.51. The second-order valence-electron chi connectivity index (χ2n) is 17.0. The molecule has 14 nitrogen and oxygen atoms in total. The number of anilines is 1. The summed E-state index contributed by atoms with van der Waals surface area (Å²) in [4.78, 5) is 51.4. The molecule has 4 fully saturated rings. The molecule has 4 aliphatic rings. The molecule has 0 radical (unpaired) electrons. The number of aliphatic hydroxyl groups is 1. The fourth-order valence-corrected chi connectivity index (χ4v) is 9.50. The molecule has 0 spiro atoms. The van der Waals surface area contributed by atoms with Crippen molar-refractivity contribution in [1.29, 1.82) is 0 Å². The number of fused-ring (bicyclic) bond motifs is 2. The Kier molecular flexibility index (Phi) is 10.00. The van der Waals surface area contributed by atoms with Gasteiger partial charge < -0.3 is 20.1 Å². The van der Waals surface area contributed by atoms with Gasteiger partial charge in [0.25, 0.3) is 0 Å². The van der Waals surface area contributed by atoms with Crippen molar-refractivity contribution in [3.05, 3.63) is 76.5 Å². The summed E-state index contributed by atoms with van der Waals surface area (Å²) in [6.45, 7) is 7.68. The number of carbonyl (C=O) groups is 2. The highest BCUT2D eigenvalue weighted by atomic mass is 16.5. The summed E-state index contributed by atoms with van der Waals surface area (Å²) in [6.07, 6.45) is 11.1. The number of imide groups is 1. The lowest BCUT2D eigenvalue weighted by Gasteiger charge is -2.46. The molecule has 1 unspecified atom stereocenters. The van der Waals surface area contributed by atoms with Gasteiger partial charge in [-0.15, -0.1) is 0 Å². The number of rotatable bonds is 10. The third-order valence-corrected chi connectivity index (χ3v) is 13.1. The number of nitrogen functional groups attached to an aromatic ring is 1. The molecule has 5 aromatic rings. The minimum absolute atomic E-state index is 0.223. The first-order chi connectivity index (χ1) is 27.5. The van der Waals surface area contributed by atoms with E-state index in [1.54, 1.807) is 11.6 Å². The van der Waals surface area contributed by atoms with Crippen molar-refractivity contribution in [2.75, 3.05) is 38.5 Å². The lowest BCUT2D eigenvalue weighted by Crippen LogP contribution is -2.55. The van der Waals surface area contributed by atoms with Crippen LogP contribution in [0.3, 0.4) is 0 Å². The Morgan fingerprint density at radius 2 is 1.68 bits per heavy atom. The second-order valence-corrected chi connectivity index (χ2v) is 17.0. The molecule has 1 atom stereocenters. The molecule has 2 saturated heterocycles. The van der Waals surface area contributed by atoms with E-state index >= 15 is 0 Å². The molecule has 2 aliphatic heterocycles. The fraction of sp³-hybridized carbons (Fsp3) is 0.512. The maximum absolute atomic E-state index is 13.1. The maximum atomic E-state index is 13.1. The van der Waals surface area contributed by atoms with Crippen LogP contribution in [0.4, 0.5) is 5.95 Å². The number of hydrogen-bond donors (Lipinski definition) is 3. The van der Waals surface area contributed by atoms with E-state index in [1.807, 2.05) is 31.3 Å². The largest absolute Gasteiger partial charge is 0.390 e. The molecule has 5 heterocycles. The van der Waals surface area contributed by atoms with Crippen LogP contribution < -0.4 is 16.7 Å². The predicted molar refractivity (Wildman–Crippen MR) is 217 cm³/mol. The number of nitrogens with one attached hydrogen (secondary N) is 1. The molecule has 4 N–H and O–H groups in total. The molecule has 300 valence electrons. The van der Waals surface area contributed by atoms with E-state index in [0.29, 0.717) is 24.6 Å². The number of amides is 2. The SMILES string of the molecule is Cn1c(=O)n(C2CCC(=O)NC2=O)c2ccc(CCOC3CC(N4CCN(Cc5ccc(-c6cn([C@H]7CC[C@@](C)(O)CC7)c7nc(N)ncc67)cc5)CC4)C3)cc21. The number of hydrogen-bond acceptors (Lipinski definition) is 10. The van der Waals surface area contributed by atoms with Crippen molar-refractivity contribution < 1.29 is 19.4 Å². The van der Waals surface area contributed by atoms with Crippen LogP contribution in [0.25, 0.3) is 33.2 Å². The van der Waals surface area contributed by atoms with Crippen molar-refractivity contribution >= 4 is 39.8 Å². The van der Waals surface area contributed by atoms with E-state index in [-0.39, 0.29) is 36.1 Å². The third-order valence-electron chi connectivity index (χ3n) is 13.1. The first-order valence-corrected chi connectivity index (χ1v) is 20.6. The van der Waals surface area contributed by atoms with Gasteiger partial charge in [0.1, 0.15) is 11.7 Å².